The zero-order chi connectivity index (χ0) is 13.1. The zero-order valence-electron chi connectivity index (χ0n) is 10.6. The van der Waals surface area contributed by atoms with E-state index in [0.29, 0.717) is 5.75 Å². The Morgan fingerprint density at radius 1 is 1.24 bits per heavy atom. The van der Waals surface area contributed by atoms with E-state index in [1.54, 1.807) is 0 Å². The molecule has 0 fully saturated rings. The summed E-state index contributed by atoms with van der Waals surface area (Å²) in [6, 6.07) is -0.641. The third kappa shape index (κ3) is 9.80. The van der Waals surface area contributed by atoms with Crippen LogP contribution in [0, 0.1) is 0 Å². The lowest BCUT2D eigenvalue weighted by Gasteiger charge is -2.14. The summed E-state index contributed by atoms with van der Waals surface area (Å²) in [6.07, 6.45) is 8.11. The Kier molecular flexibility index (Phi) is 11.3. The van der Waals surface area contributed by atoms with Gasteiger partial charge in [0.05, 0.1) is 0 Å². The van der Waals surface area contributed by atoms with Crippen molar-refractivity contribution in [2.75, 3.05) is 5.75 Å². The summed E-state index contributed by atoms with van der Waals surface area (Å²) in [5, 5.41) is 0. The summed E-state index contributed by atoms with van der Waals surface area (Å²) >= 11 is 8.17. The number of esters is 1. The first-order valence-corrected chi connectivity index (χ1v) is 7.51. The second kappa shape index (κ2) is 11.2. The normalized spacial score (nSPS) is 14.4. The molecule has 0 aromatic rings. The molecule has 5 heteroatoms. The highest BCUT2D eigenvalue weighted by atomic mass is 32.1. The molecule has 0 aromatic carbocycles. The second-order valence-corrected chi connectivity index (χ2v) is 5.18. The van der Waals surface area contributed by atoms with E-state index in [9.17, 15) is 4.79 Å². The van der Waals surface area contributed by atoms with Gasteiger partial charge in [-0.25, -0.2) is 0 Å². The van der Waals surface area contributed by atoms with E-state index >= 15 is 0 Å². The van der Waals surface area contributed by atoms with Gasteiger partial charge in [0.15, 0.2) is 0 Å². The van der Waals surface area contributed by atoms with Crippen molar-refractivity contribution in [2.45, 2.75) is 63.3 Å². The van der Waals surface area contributed by atoms with Gasteiger partial charge in [-0.2, -0.15) is 12.6 Å². The molecule has 17 heavy (non-hydrogen) atoms. The number of ether oxygens (including phenoxy) is 1. The fourth-order valence-corrected chi connectivity index (χ4v) is 1.89. The Morgan fingerprint density at radius 2 is 1.82 bits per heavy atom. The Labute approximate surface area is 116 Å². The van der Waals surface area contributed by atoms with Crippen molar-refractivity contribution in [1.82, 2.24) is 0 Å². The molecular formula is C12H25NO2S2. The number of carbonyl (C=O) groups excluding carboxylic acids is 1. The van der Waals surface area contributed by atoms with Crippen LogP contribution in [0.1, 0.15) is 51.9 Å². The molecule has 0 heterocycles. The molecule has 1 unspecified atom stereocenters. The van der Waals surface area contributed by atoms with E-state index in [-0.39, 0.29) is 5.44 Å². The summed E-state index contributed by atoms with van der Waals surface area (Å²) in [5.74, 6) is -0.109. The lowest BCUT2D eigenvalue weighted by molar-refractivity contribution is -0.146. The number of carbonyl (C=O) groups is 1. The molecule has 3 nitrogen and oxygen atoms in total. The number of unbranched alkanes of at least 4 members (excludes halogenated alkanes) is 5. The SMILES string of the molecule is CCCCCCCCC(S)OC(=O)[C@@H](N)CS. The van der Waals surface area contributed by atoms with Crippen LogP contribution in [0.3, 0.4) is 0 Å². The van der Waals surface area contributed by atoms with Gasteiger partial charge in [0, 0.05) is 5.75 Å². The lowest BCUT2D eigenvalue weighted by atomic mass is 10.1. The second-order valence-electron chi connectivity index (χ2n) is 4.24. The number of hydrogen-bond donors (Lipinski definition) is 3. The Balaban J connectivity index is 3.46. The summed E-state index contributed by atoms with van der Waals surface area (Å²) in [6.45, 7) is 2.20. The molecule has 0 aromatic heterocycles. The number of rotatable bonds is 10. The van der Waals surface area contributed by atoms with E-state index in [4.69, 9.17) is 10.5 Å². The Hall–Kier alpha value is 0.130. The fraction of sp³-hybridized carbons (Fsp3) is 0.917. The first-order valence-electron chi connectivity index (χ1n) is 6.36. The molecule has 0 aliphatic rings. The van der Waals surface area contributed by atoms with E-state index in [1.165, 1.54) is 32.1 Å². The molecule has 0 aliphatic carbocycles. The minimum atomic E-state index is -0.641. The van der Waals surface area contributed by atoms with Crippen molar-refractivity contribution in [1.29, 1.82) is 0 Å². The van der Waals surface area contributed by atoms with Crippen LogP contribution >= 0.6 is 25.3 Å². The van der Waals surface area contributed by atoms with Gasteiger partial charge in [-0.15, -0.1) is 12.6 Å². The van der Waals surface area contributed by atoms with Gasteiger partial charge in [0.1, 0.15) is 11.5 Å². The van der Waals surface area contributed by atoms with Crippen LogP contribution in [-0.2, 0) is 9.53 Å². The fourth-order valence-electron chi connectivity index (χ4n) is 1.45. The van der Waals surface area contributed by atoms with Gasteiger partial charge in [-0.3, -0.25) is 4.79 Å². The maximum atomic E-state index is 11.3. The highest BCUT2D eigenvalue weighted by molar-refractivity contribution is 7.80. The predicted octanol–water partition coefficient (Wildman–Crippen LogP) is 2.79. The van der Waals surface area contributed by atoms with Crippen LogP contribution in [0.2, 0.25) is 0 Å². The predicted molar refractivity (Wildman–Crippen MR) is 78.7 cm³/mol. The van der Waals surface area contributed by atoms with Gasteiger partial charge >= 0.3 is 5.97 Å². The van der Waals surface area contributed by atoms with Crippen LogP contribution in [0.5, 0.6) is 0 Å². The standard InChI is InChI=1S/C12H25NO2S2/c1-2-3-4-5-6-7-8-11(17)15-12(14)10(13)9-16/h10-11,16-17H,2-9,13H2,1H3/t10-,11?/m0/s1. The molecule has 0 radical (unpaired) electrons. The van der Waals surface area contributed by atoms with Crippen molar-refractivity contribution in [2.24, 2.45) is 5.73 Å². The molecule has 102 valence electrons. The van der Waals surface area contributed by atoms with Crippen molar-refractivity contribution in [3.05, 3.63) is 0 Å². The first-order chi connectivity index (χ1) is 8.11. The van der Waals surface area contributed by atoms with Gasteiger partial charge < -0.3 is 10.5 Å². The van der Waals surface area contributed by atoms with Crippen LogP contribution < -0.4 is 5.73 Å². The van der Waals surface area contributed by atoms with Crippen LogP contribution in [0.15, 0.2) is 0 Å². The minimum Gasteiger partial charge on any atom is -0.450 e. The number of hydrogen-bond acceptors (Lipinski definition) is 5. The van der Waals surface area contributed by atoms with Gasteiger partial charge in [-0.05, 0) is 12.8 Å². The van der Waals surface area contributed by atoms with E-state index < -0.39 is 12.0 Å². The molecule has 0 saturated carbocycles. The van der Waals surface area contributed by atoms with E-state index in [2.05, 4.69) is 32.2 Å². The van der Waals surface area contributed by atoms with Crippen molar-refractivity contribution in [3.63, 3.8) is 0 Å². The van der Waals surface area contributed by atoms with Gasteiger partial charge in [-0.1, -0.05) is 39.0 Å². The smallest absolute Gasteiger partial charge is 0.324 e. The maximum absolute atomic E-state index is 11.3. The quantitative estimate of drug-likeness (QED) is 0.249. The van der Waals surface area contributed by atoms with Crippen LogP contribution in [0.25, 0.3) is 0 Å². The average molecular weight is 279 g/mol. The van der Waals surface area contributed by atoms with Crippen molar-refractivity contribution < 1.29 is 9.53 Å². The summed E-state index contributed by atoms with van der Waals surface area (Å²) in [5.41, 5.74) is 5.16. The molecule has 0 aliphatic heterocycles. The molecule has 0 rings (SSSR count). The van der Waals surface area contributed by atoms with E-state index in [0.717, 1.165) is 12.8 Å². The van der Waals surface area contributed by atoms with E-state index in [1.807, 2.05) is 0 Å². The molecule has 0 bridgehead atoms. The number of thiol groups is 2. The average Bonchev–Trinajstić information content (AvgIpc) is 2.32. The lowest BCUT2D eigenvalue weighted by Crippen LogP contribution is -2.35. The molecule has 2 atom stereocenters. The Morgan fingerprint density at radius 3 is 2.41 bits per heavy atom. The third-order valence-electron chi connectivity index (χ3n) is 2.56. The maximum Gasteiger partial charge on any atom is 0.324 e. The van der Waals surface area contributed by atoms with Crippen molar-refractivity contribution in [3.8, 4) is 0 Å². The molecule has 0 amide bonds. The monoisotopic (exact) mass is 279 g/mol. The van der Waals surface area contributed by atoms with Gasteiger partial charge in [0.2, 0.25) is 0 Å². The first kappa shape index (κ1) is 17.1. The highest BCUT2D eigenvalue weighted by Crippen LogP contribution is 2.13. The van der Waals surface area contributed by atoms with Crippen molar-refractivity contribution >= 4 is 31.2 Å². The topological polar surface area (TPSA) is 52.3 Å². The van der Waals surface area contributed by atoms with Crippen LogP contribution in [-0.4, -0.2) is 23.2 Å². The summed E-state index contributed by atoms with van der Waals surface area (Å²) < 4.78 is 5.08. The molecule has 0 spiro atoms. The Bertz CT molecular complexity index is 203. The molecule has 0 saturated heterocycles. The summed E-state index contributed by atoms with van der Waals surface area (Å²) in [4.78, 5) is 11.3. The third-order valence-corrected chi connectivity index (χ3v) is 3.31. The minimum absolute atomic E-state index is 0.302. The van der Waals surface area contributed by atoms with Crippen LogP contribution in [0.4, 0.5) is 0 Å². The number of nitrogens with two attached hydrogens (primary N) is 1. The van der Waals surface area contributed by atoms with Gasteiger partial charge in [0.25, 0.3) is 0 Å². The molecular weight excluding hydrogens is 254 g/mol. The largest absolute Gasteiger partial charge is 0.450 e. The summed E-state index contributed by atoms with van der Waals surface area (Å²) in [7, 11) is 0. The zero-order valence-corrected chi connectivity index (χ0v) is 12.4. The highest BCUT2D eigenvalue weighted by Gasteiger charge is 2.16. The molecule has 2 N–H and O–H groups in total.